The van der Waals surface area contributed by atoms with Gasteiger partial charge in [0.1, 0.15) is 6.04 Å². The number of hydrogen-bond acceptors (Lipinski definition) is 4. The van der Waals surface area contributed by atoms with Crippen LogP contribution in [0.1, 0.15) is 36.3 Å². The van der Waals surface area contributed by atoms with E-state index in [0.29, 0.717) is 11.3 Å². The Balaban J connectivity index is 1.67. The fourth-order valence-electron chi connectivity index (χ4n) is 3.19. The predicted octanol–water partition coefficient (Wildman–Crippen LogP) is 4.44. The Hall–Kier alpha value is -2.52. The molecule has 0 aliphatic heterocycles. The van der Waals surface area contributed by atoms with Crippen molar-refractivity contribution in [2.24, 2.45) is 0 Å². The van der Waals surface area contributed by atoms with Gasteiger partial charge in [0.05, 0.1) is 29.1 Å². The zero-order chi connectivity index (χ0) is 19.7. The molecule has 0 saturated heterocycles. The minimum absolute atomic E-state index is 0.0419. The summed E-state index contributed by atoms with van der Waals surface area (Å²) >= 11 is 8.96. The Morgan fingerprint density at radius 3 is 2.61 bits per heavy atom. The molecule has 3 heterocycles. The van der Waals surface area contributed by atoms with Gasteiger partial charge in [-0.2, -0.15) is 15.3 Å². The Bertz CT molecular complexity index is 1140. The average molecular weight is 458 g/mol. The molecule has 4 rings (SSSR count). The quantitative estimate of drug-likeness (QED) is 0.434. The minimum Gasteiger partial charge on any atom is -0.267 e. The third kappa shape index (κ3) is 3.72. The standard InChI is InChI=1S/C19H20BrN7S/c1-3-17(26-11-15(20)8-22-26)18-23-24-19(28)27(18)16-9-21-25(12-16)10-14-6-4-13(2)5-7-14/h4-9,11-12,17H,3,10H2,1-2H3,(H,24,28)/t17-/m0/s1. The van der Waals surface area contributed by atoms with Crippen molar-refractivity contribution in [1.82, 2.24) is 34.3 Å². The van der Waals surface area contributed by atoms with Crippen LogP contribution in [0.5, 0.6) is 0 Å². The Morgan fingerprint density at radius 2 is 1.93 bits per heavy atom. The van der Waals surface area contributed by atoms with Crippen molar-refractivity contribution >= 4 is 28.1 Å². The minimum atomic E-state index is -0.0419. The Kier molecular flexibility index (Phi) is 5.27. The molecule has 0 aliphatic rings. The van der Waals surface area contributed by atoms with Crippen LogP contribution in [0.2, 0.25) is 0 Å². The first-order valence-corrected chi connectivity index (χ1v) is 10.2. The summed E-state index contributed by atoms with van der Waals surface area (Å²) in [4.78, 5) is 0. The number of benzene rings is 1. The molecule has 7 nitrogen and oxygen atoms in total. The van der Waals surface area contributed by atoms with E-state index < -0.39 is 0 Å². The van der Waals surface area contributed by atoms with E-state index in [1.807, 2.05) is 32.5 Å². The number of hydrogen-bond donors (Lipinski definition) is 1. The van der Waals surface area contributed by atoms with E-state index in [0.717, 1.165) is 22.4 Å². The van der Waals surface area contributed by atoms with Crippen LogP contribution < -0.4 is 0 Å². The van der Waals surface area contributed by atoms with E-state index in [1.165, 1.54) is 11.1 Å². The van der Waals surface area contributed by atoms with Crippen molar-refractivity contribution in [3.05, 3.63) is 75.2 Å². The highest BCUT2D eigenvalue weighted by Gasteiger charge is 2.21. The first-order chi connectivity index (χ1) is 13.5. The lowest BCUT2D eigenvalue weighted by Gasteiger charge is -2.15. The lowest BCUT2D eigenvalue weighted by Crippen LogP contribution is -2.15. The summed E-state index contributed by atoms with van der Waals surface area (Å²) in [6.45, 7) is 4.88. The molecule has 0 amide bonds. The van der Waals surface area contributed by atoms with Crippen molar-refractivity contribution in [2.75, 3.05) is 0 Å². The number of nitrogens with zero attached hydrogens (tertiary/aromatic N) is 6. The van der Waals surface area contributed by atoms with E-state index >= 15 is 0 Å². The zero-order valence-corrected chi connectivity index (χ0v) is 18.0. The van der Waals surface area contributed by atoms with Gasteiger partial charge in [0.25, 0.3) is 0 Å². The van der Waals surface area contributed by atoms with Crippen molar-refractivity contribution in [3.63, 3.8) is 0 Å². The third-order valence-corrected chi connectivity index (χ3v) is 5.30. The van der Waals surface area contributed by atoms with Gasteiger partial charge in [0.2, 0.25) is 0 Å². The number of nitrogens with one attached hydrogen (secondary N) is 1. The highest BCUT2D eigenvalue weighted by atomic mass is 79.9. The van der Waals surface area contributed by atoms with E-state index in [2.05, 4.69) is 74.4 Å². The smallest absolute Gasteiger partial charge is 0.200 e. The fourth-order valence-corrected chi connectivity index (χ4v) is 3.74. The summed E-state index contributed by atoms with van der Waals surface area (Å²) < 4.78 is 7.19. The molecule has 0 aliphatic carbocycles. The number of rotatable bonds is 6. The summed E-state index contributed by atoms with van der Waals surface area (Å²) in [6.07, 6.45) is 8.34. The normalized spacial score (nSPS) is 12.4. The van der Waals surface area contributed by atoms with Gasteiger partial charge >= 0.3 is 0 Å². The van der Waals surface area contributed by atoms with Crippen LogP contribution in [0.4, 0.5) is 0 Å². The summed E-state index contributed by atoms with van der Waals surface area (Å²) in [7, 11) is 0. The topological polar surface area (TPSA) is 69.2 Å². The maximum atomic E-state index is 5.50. The van der Waals surface area contributed by atoms with Crippen LogP contribution in [0.15, 0.2) is 53.5 Å². The SMILES string of the molecule is CC[C@@H](c1n[nH]c(=S)n1-c1cnn(Cc2ccc(C)cc2)c1)n1cc(Br)cn1. The van der Waals surface area contributed by atoms with Crippen LogP contribution in [0, 0.1) is 11.7 Å². The molecule has 28 heavy (non-hydrogen) atoms. The summed E-state index contributed by atoms with van der Waals surface area (Å²) in [5, 5.41) is 16.3. The lowest BCUT2D eigenvalue weighted by atomic mass is 10.1. The van der Waals surface area contributed by atoms with Crippen LogP contribution in [-0.4, -0.2) is 34.3 Å². The Morgan fingerprint density at radius 1 is 1.14 bits per heavy atom. The molecule has 0 unspecified atom stereocenters. The molecule has 144 valence electrons. The van der Waals surface area contributed by atoms with Gasteiger partial charge in [-0.1, -0.05) is 36.8 Å². The number of halogens is 1. The molecule has 9 heteroatoms. The monoisotopic (exact) mass is 457 g/mol. The summed E-state index contributed by atoms with van der Waals surface area (Å²) in [5.41, 5.74) is 3.32. The van der Waals surface area contributed by atoms with Crippen molar-refractivity contribution < 1.29 is 0 Å². The van der Waals surface area contributed by atoms with Gasteiger partial charge in [-0.25, -0.2) is 0 Å². The second-order valence-electron chi connectivity index (χ2n) is 6.67. The van der Waals surface area contributed by atoms with Gasteiger partial charge in [0.15, 0.2) is 10.6 Å². The second-order valence-corrected chi connectivity index (χ2v) is 7.97. The van der Waals surface area contributed by atoms with Crippen LogP contribution in [0.3, 0.4) is 0 Å². The lowest BCUT2D eigenvalue weighted by molar-refractivity contribution is 0.477. The van der Waals surface area contributed by atoms with Crippen LogP contribution >= 0.6 is 28.1 Å². The molecule has 0 radical (unpaired) electrons. The zero-order valence-electron chi connectivity index (χ0n) is 15.6. The number of aromatic amines is 1. The molecule has 4 aromatic rings. The summed E-state index contributed by atoms with van der Waals surface area (Å²) in [6, 6.07) is 8.42. The average Bonchev–Trinajstić information content (AvgIpc) is 3.39. The maximum Gasteiger partial charge on any atom is 0.200 e. The number of aromatic nitrogens is 7. The molecule has 0 spiro atoms. The fraction of sp³-hybridized carbons (Fsp3) is 0.263. The van der Waals surface area contributed by atoms with E-state index in [9.17, 15) is 0 Å². The van der Waals surface area contributed by atoms with Crippen molar-refractivity contribution in [3.8, 4) is 5.69 Å². The van der Waals surface area contributed by atoms with Crippen molar-refractivity contribution in [2.45, 2.75) is 32.9 Å². The Labute approximate surface area is 176 Å². The van der Waals surface area contributed by atoms with E-state index in [-0.39, 0.29) is 6.04 Å². The predicted molar refractivity (Wildman–Crippen MR) is 113 cm³/mol. The molecule has 3 aromatic heterocycles. The van der Waals surface area contributed by atoms with E-state index in [1.54, 1.807) is 6.20 Å². The van der Waals surface area contributed by atoms with Gasteiger partial charge < -0.3 is 0 Å². The highest BCUT2D eigenvalue weighted by molar-refractivity contribution is 9.10. The molecule has 1 N–H and O–H groups in total. The third-order valence-electron chi connectivity index (χ3n) is 4.62. The number of H-pyrrole nitrogens is 1. The number of aryl methyl sites for hydroxylation is 1. The molecule has 0 bridgehead atoms. The molecular formula is C19H20BrN7S. The molecular weight excluding hydrogens is 438 g/mol. The van der Waals surface area contributed by atoms with E-state index in [4.69, 9.17) is 12.2 Å². The van der Waals surface area contributed by atoms with Crippen molar-refractivity contribution in [1.29, 1.82) is 0 Å². The highest BCUT2D eigenvalue weighted by Crippen LogP contribution is 2.24. The first-order valence-electron chi connectivity index (χ1n) is 9.00. The maximum absolute atomic E-state index is 5.50. The molecule has 1 aromatic carbocycles. The molecule has 0 saturated carbocycles. The van der Waals surface area contributed by atoms with Gasteiger partial charge in [0, 0.05) is 12.4 Å². The van der Waals surface area contributed by atoms with Gasteiger partial charge in [-0.3, -0.25) is 19.0 Å². The second kappa shape index (κ2) is 7.84. The van der Waals surface area contributed by atoms with Crippen LogP contribution in [0.25, 0.3) is 5.69 Å². The summed E-state index contributed by atoms with van der Waals surface area (Å²) in [5.74, 6) is 0.804. The largest absolute Gasteiger partial charge is 0.267 e. The van der Waals surface area contributed by atoms with Gasteiger partial charge in [-0.05, 0) is 47.1 Å². The van der Waals surface area contributed by atoms with Gasteiger partial charge in [-0.15, -0.1) is 0 Å². The first kappa shape index (κ1) is 18.8. The molecule has 1 atom stereocenters. The van der Waals surface area contributed by atoms with Crippen LogP contribution in [-0.2, 0) is 6.54 Å². The molecule has 0 fully saturated rings.